The molecule has 2 aromatic carbocycles. The van der Waals surface area contributed by atoms with Gasteiger partial charge in [0.25, 0.3) is 0 Å². The largest absolute Gasteiger partial charge is 0.506 e. The van der Waals surface area contributed by atoms with Crippen molar-refractivity contribution in [3.8, 4) is 16.3 Å². The Bertz CT molecular complexity index is 1060. The minimum atomic E-state index is -0.985. The third-order valence-corrected chi connectivity index (χ3v) is 5.25. The number of carbonyl (C=O) groups excluding carboxylic acids is 2. The highest BCUT2D eigenvalue weighted by Crippen LogP contribution is 2.30. The summed E-state index contributed by atoms with van der Waals surface area (Å²) in [5.41, 5.74) is 3.29. The van der Waals surface area contributed by atoms with E-state index in [1.54, 1.807) is 12.1 Å². The normalized spacial score (nSPS) is 10.8. The van der Waals surface area contributed by atoms with E-state index in [4.69, 9.17) is 0 Å². The molecule has 8 nitrogen and oxygen atoms in total. The van der Waals surface area contributed by atoms with Crippen LogP contribution in [0.15, 0.2) is 56.5 Å². The molecule has 0 fully saturated rings. The van der Waals surface area contributed by atoms with Crippen molar-refractivity contribution in [2.45, 2.75) is 0 Å². The first-order chi connectivity index (χ1) is 13.4. The Balaban J connectivity index is 1.60. The second-order valence-corrected chi connectivity index (χ2v) is 8.00. The van der Waals surface area contributed by atoms with E-state index in [1.807, 2.05) is 30.3 Å². The van der Waals surface area contributed by atoms with Gasteiger partial charge in [-0.1, -0.05) is 57.6 Å². The molecule has 0 aliphatic rings. The molecular formula is C17H11Br2N5O3S. The number of carbonyl (C=O) groups is 2. The fourth-order valence-electron chi connectivity index (χ4n) is 2.02. The molecule has 3 N–H and O–H groups in total. The van der Waals surface area contributed by atoms with E-state index < -0.39 is 11.8 Å². The van der Waals surface area contributed by atoms with Crippen molar-refractivity contribution in [1.82, 2.24) is 15.6 Å². The number of nitrogens with one attached hydrogen (secondary N) is 2. The molecule has 11 heteroatoms. The lowest BCUT2D eigenvalue weighted by atomic mass is 10.2. The van der Waals surface area contributed by atoms with Gasteiger partial charge in [-0.05, 0) is 28.1 Å². The summed E-state index contributed by atoms with van der Waals surface area (Å²) >= 11 is 7.61. The fourth-order valence-corrected chi connectivity index (χ4v) is 4.02. The zero-order valence-corrected chi connectivity index (χ0v) is 17.9. The van der Waals surface area contributed by atoms with Gasteiger partial charge >= 0.3 is 11.8 Å². The number of rotatable bonds is 4. The van der Waals surface area contributed by atoms with Crippen LogP contribution in [0.4, 0.5) is 5.13 Å². The molecule has 0 atom stereocenters. The first-order valence-corrected chi connectivity index (χ1v) is 10.1. The van der Waals surface area contributed by atoms with Gasteiger partial charge in [0.15, 0.2) is 0 Å². The van der Waals surface area contributed by atoms with E-state index in [9.17, 15) is 14.7 Å². The van der Waals surface area contributed by atoms with E-state index in [2.05, 4.69) is 57.9 Å². The molecule has 142 valence electrons. The Morgan fingerprint density at radius 1 is 1.11 bits per heavy atom. The smallest absolute Gasteiger partial charge is 0.329 e. The number of aromatic hydroxyl groups is 1. The van der Waals surface area contributed by atoms with Crippen LogP contribution < -0.4 is 10.7 Å². The van der Waals surface area contributed by atoms with Crippen LogP contribution in [-0.2, 0) is 9.59 Å². The van der Waals surface area contributed by atoms with Crippen LogP contribution in [0.1, 0.15) is 5.56 Å². The molecule has 2 amide bonds. The summed E-state index contributed by atoms with van der Waals surface area (Å²) in [6.07, 6.45) is 1.22. The Morgan fingerprint density at radius 2 is 1.86 bits per heavy atom. The van der Waals surface area contributed by atoms with Gasteiger partial charge in [-0.2, -0.15) is 5.10 Å². The number of phenols is 1. The molecule has 0 aliphatic heterocycles. The summed E-state index contributed by atoms with van der Waals surface area (Å²) in [6.45, 7) is 0. The topological polar surface area (TPSA) is 117 Å². The van der Waals surface area contributed by atoms with Gasteiger partial charge in [0, 0.05) is 15.6 Å². The van der Waals surface area contributed by atoms with Crippen LogP contribution in [0.3, 0.4) is 0 Å². The minimum absolute atomic E-state index is 0.0482. The Labute approximate surface area is 180 Å². The number of hydrogen-bond donors (Lipinski definition) is 3. The van der Waals surface area contributed by atoms with Crippen LogP contribution >= 0.6 is 43.2 Å². The van der Waals surface area contributed by atoms with Crippen LogP contribution in [0, 0.1) is 0 Å². The number of hydrogen-bond acceptors (Lipinski definition) is 7. The van der Waals surface area contributed by atoms with Crippen LogP contribution in [0.2, 0.25) is 0 Å². The maximum atomic E-state index is 12.0. The predicted octanol–water partition coefficient (Wildman–Crippen LogP) is 3.52. The SMILES string of the molecule is O=C(N/N=C\c1cc(Br)cc(Br)c1O)C(=O)Nc1nnc(-c2ccccc2)s1. The van der Waals surface area contributed by atoms with Crippen LogP contribution in [0.5, 0.6) is 5.75 Å². The second-order valence-electron chi connectivity index (χ2n) is 5.26. The van der Waals surface area contributed by atoms with Gasteiger partial charge in [0.1, 0.15) is 10.8 Å². The lowest BCUT2D eigenvalue weighted by molar-refractivity contribution is -0.136. The number of hydrazone groups is 1. The van der Waals surface area contributed by atoms with Crippen molar-refractivity contribution < 1.29 is 14.7 Å². The van der Waals surface area contributed by atoms with Crippen molar-refractivity contribution in [1.29, 1.82) is 0 Å². The molecule has 3 rings (SSSR count). The first kappa shape index (κ1) is 20.1. The zero-order chi connectivity index (χ0) is 20.1. The second kappa shape index (κ2) is 9.04. The maximum Gasteiger partial charge on any atom is 0.329 e. The zero-order valence-electron chi connectivity index (χ0n) is 13.9. The summed E-state index contributed by atoms with van der Waals surface area (Å²) in [5.74, 6) is -1.97. The molecule has 1 heterocycles. The van der Waals surface area contributed by atoms with E-state index in [0.29, 0.717) is 19.5 Å². The number of benzene rings is 2. The van der Waals surface area contributed by atoms with Crippen molar-refractivity contribution in [2.24, 2.45) is 5.10 Å². The van der Waals surface area contributed by atoms with Gasteiger partial charge in [0.05, 0.1) is 10.7 Å². The van der Waals surface area contributed by atoms with E-state index in [0.717, 1.165) is 16.9 Å². The highest BCUT2D eigenvalue weighted by molar-refractivity contribution is 9.11. The lowest BCUT2D eigenvalue weighted by Gasteiger charge is -2.03. The van der Waals surface area contributed by atoms with Crippen molar-refractivity contribution in [3.05, 3.63) is 57.0 Å². The fraction of sp³-hybridized carbons (Fsp3) is 0. The van der Waals surface area contributed by atoms with Crippen molar-refractivity contribution in [3.63, 3.8) is 0 Å². The highest BCUT2D eigenvalue weighted by Gasteiger charge is 2.16. The molecule has 0 aliphatic carbocycles. The highest BCUT2D eigenvalue weighted by atomic mass is 79.9. The molecule has 0 saturated carbocycles. The molecule has 0 saturated heterocycles. The summed E-state index contributed by atoms with van der Waals surface area (Å²) in [5, 5.41) is 24.6. The quantitative estimate of drug-likeness (QED) is 0.274. The Hall–Kier alpha value is -2.63. The van der Waals surface area contributed by atoms with Gasteiger partial charge < -0.3 is 5.11 Å². The number of nitrogens with zero attached hydrogens (tertiary/aromatic N) is 3. The summed E-state index contributed by atoms with van der Waals surface area (Å²) < 4.78 is 1.16. The van der Waals surface area contributed by atoms with E-state index in [1.165, 1.54) is 6.21 Å². The summed E-state index contributed by atoms with van der Waals surface area (Å²) in [6, 6.07) is 12.6. The molecule has 0 spiro atoms. The summed E-state index contributed by atoms with van der Waals surface area (Å²) in [4.78, 5) is 23.8. The van der Waals surface area contributed by atoms with Gasteiger partial charge in [-0.15, -0.1) is 10.2 Å². The third kappa shape index (κ3) is 5.00. The van der Waals surface area contributed by atoms with Crippen molar-refractivity contribution in [2.75, 3.05) is 5.32 Å². The monoisotopic (exact) mass is 523 g/mol. The minimum Gasteiger partial charge on any atom is -0.506 e. The molecule has 0 bridgehead atoms. The molecule has 1 aromatic heterocycles. The number of halogens is 2. The Kier molecular flexibility index (Phi) is 6.49. The van der Waals surface area contributed by atoms with Gasteiger partial charge in [0.2, 0.25) is 5.13 Å². The average molecular weight is 525 g/mol. The number of phenolic OH excluding ortho intramolecular Hbond substituents is 1. The maximum absolute atomic E-state index is 12.0. The molecule has 0 unspecified atom stereocenters. The van der Waals surface area contributed by atoms with Crippen LogP contribution in [0.25, 0.3) is 10.6 Å². The number of aromatic nitrogens is 2. The average Bonchev–Trinajstić information content (AvgIpc) is 3.14. The Morgan fingerprint density at radius 3 is 2.61 bits per heavy atom. The molecule has 3 aromatic rings. The predicted molar refractivity (Wildman–Crippen MR) is 113 cm³/mol. The van der Waals surface area contributed by atoms with Crippen molar-refractivity contribution >= 4 is 66.4 Å². The van der Waals surface area contributed by atoms with E-state index in [-0.39, 0.29) is 10.9 Å². The number of anilines is 1. The van der Waals surface area contributed by atoms with E-state index >= 15 is 0 Å². The first-order valence-electron chi connectivity index (χ1n) is 7.65. The molecular weight excluding hydrogens is 514 g/mol. The number of amides is 2. The summed E-state index contributed by atoms with van der Waals surface area (Å²) in [7, 11) is 0. The standard InChI is InChI=1S/C17H11Br2N5O3S/c18-11-6-10(13(25)12(19)7-11)8-20-22-15(27)14(26)21-17-24-23-16(28-17)9-4-2-1-3-5-9/h1-8,25H,(H,22,27)(H,21,24,26)/b20-8-. The molecule has 28 heavy (non-hydrogen) atoms. The lowest BCUT2D eigenvalue weighted by Crippen LogP contribution is -2.32. The van der Waals surface area contributed by atoms with Gasteiger partial charge in [-0.3, -0.25) is 14.9 Å². The van der Waals surface area contributed by atoms with Gasteiger partial charge in [-0.25, -0.2) is 5.43 Å². The van der Waals surface area contributed by atoms with Crippen LogP contribution in [-0.4, -0.2) is 33.3 Å². The third-order valence-electron chi connectivity index (χ3n) is 3.30. The molecule has 0 radical (unpaired) electrons.